The lowest BCUT2D eigenvalue weighted by Gasteiger charge is -2.18. The van der Waals surface area contributed by atoms with Gasteiger partial charge in [0.2, 0.25) is 10.0 Å². The largest absolute Gasteiger partial charge is 0.466 e. The van der Waals surface area contributed by atoms with Crippen LogP contribution in [0.25, 0.3) is 10.8 Å². The van der Waals surface area contributed by atoms with Crippen molar-refractivity contribution in [2.24, 2.45) is 0 Å². The van der Waals surface area contributed by atoms with E-state index in [1.165, 1.54) is 6.26 Å². The van der Waals surface area contributed by atoms with Gasteiger partial charge in [0.05, 0.1) is 12.9 Å². The molecule has 136 valence electrons. The Hall–Kier alpha value is -1.92. The Labute approximate surface area is 149 Å². The fraction of sp³-hybridized carbons (Fsp3) is 0.421. The van der Waals surface area contributed by atoms with Crippen molar-refractivity contribution in [3.05, 3.63) is 48.0 Å². The second-order valence-corrected chi connectivity index (χ2v) is 7.88. The van der Waals surface area contributed by atoms with Gasteiger partial charge in [-0.25, -0.2) is 13.1 Å². The first-order chi connectivity index (χ1) is 11.9. The Kier molecular flexibility index (Phi) is 6.96. The van der Waals surface area contributed by atoms with E-state index in [2.05, 4.69) is 4.72 Å². The molecule has 0 amide bonds. The van der Waals surface area contributed by atoms with Crippen LogP contribution in [0.3, 0.4) is 0 Å². The van der Waals surface area contributed by atoms with Gasteiger partial charge in [-0.15, -0.1) is 0 Å². The topological polar surface area (TPSA) is 72.5 Å². The zero-order chi connectivity index (χ0) is 18.3. The van der Waals surface area contributed by atoms with Gasteiger partial charge in [-0.05, 0) is 42.2 Å². The molecule has 0 saturated carbocycles. The summed E-state index contributed by atoms with van der Waals surface area (Å²) in [5.74, 6) is -0.208. The van der Waals surface area contributed by atoms with Crippen molar-refractivity contribution in [2.45, 2.75) is 38.6 Å². The van der Waals surface area contributed by atoms with Gasteiger partial charge in [0.25, 0.3) is 0 Å². The van der Waals surface area contributed by atoms with Crippen LogP contribution in [0.5, 0.6) is 0 Å². The highest BCUT2D eigenvalue weighted by molar-refractivity contribution is 7.88. The molecule has 1 N–H and O–H groups in total. The number of fused-ring (bicyclic) bond motifs is 1. The first kappa shape index (κ1) is 19.4. The van der Waals surface area contributed by atoms with Gasteiger partial charge in [0.1, 0.15) is 0 Å². The molecule has 0 spiro atoms. The molecule has 5 nitrogen and oxygen atoms in total. The minimum atomic E-state index is -3.33. The van der Waals surface area contributed by atoms with E-state index >= 15 is 0 Å². The molecule has 0 bridgehead atoms. The van der Waals surface area contributed by atoms with E-state index in [0.29, 0.717) is 25.9 Å². The molecule has 1 atom stereocenters. The molecule has 2 aromatic carbocycles. The third-order valence-electron chi connectivity index (χ3n) is 3.96. The van der Waals surface area contributed by atoms with Crippen LogP contribution in [0.1, 0.15) is 44.2 Å². The number of sulfonamides is 1. The number of carbonyl (C=O) groups is 1. The van der Waals surface area contributed by atoms with E-state index in [9.17, 15) is 13.2 Å². The zero-order valence-electron chi connectivity index (χ0n) is 14.7. The summed E-state index contributed by atoms with van der Waals surface area (Å²) in [5, 5.41) is 2.19. The molecule has 0 aromatic heterocycles. The number of unbranched alkanes of at least 4 members (excludes halogenated alkanes) is 1. The van der Waals surface area contributed by atoms with Gasteiger partial charge in [-0.1, -0.05) is 42.8 Å². The fourth-order valence-electron chi connectivity index (χ4n) is 2.83. The van der Waals surface area contributed by atoms with E-state index in [0.717, 1.165) is 22.8 Å². The third-order valence-corrected chi connectivity index (χ3v) is 4.67. The number of hydrogen-bond donors (Lipinski definition) is 1. The lowest BCUT2D eigenvalue weighted by atomic mass is 9.98. The van der Waals surface area contributed by atoms with Crippen LogP contribution < -0.4 is 4.72 Å². The fourth-order valence-corrected chi connectivity index (χ4v) is 3.60. The highest BCUT2D eigenvalue weighted by Gasteiger charge is 2.16. The maximum atomic E-state index is 11.7. The van der Waals surface area contributed by atoms with E-state index in [1.54, 1.807) is 6.92 Å². The highest BCUT2D eigenvalue weighted by Crippen LogP contribution is 2.25. The summed E-state index contributed by atoms with van der Waals surface area (Å²) in [5.41, 5.74) is 0.931. The minimum Gasteiger partial charge on any atom is -0.466 e. The predicted octanol–water partition coefficient (Wildman–Crippen LogP) is 3.55. The Morgan fingerprint density at radius 1 is 1.12 bits per heavy atom. The Morgan fingerprint density at radius 3 is 2.52 bits per heavy atom. The van der Waals surface area contributed by atoms with Gasteiger partial charge in [-0.2, -0.15) is 0 Å². The molecular weight excluding hydrogens is 338 g/mol. The van der Waals surface area contributed by atoms with Crippen molar-refractivity contribution < 1.29 is 17.9 Å². The predicted molar refractivity (Wildman–Crippen MR) is 99.8 cm³/mol. The van der Waals surface area contributed by atoms with Crippen LogP contribution >= 0.6 is 0 Å². The summed E-state index contributed by atoms with van der Waals surface area (Å²) in [6, 6.07) is 13.6. The average Bonchev–Trinajstić information content (AvgIpc) is 2.56. The number of benzene rings is 2. The minimum absolute atomic E-state index is 0.208. The average molecular weight is 363 g/mol. The molecule has 0 saturated heterocycles. The quantitative estimate of drug-likeness (QED) is 0.546. The van der Waals surface area contributed by atoms with Crippen molar-refractivity contribution in [1.82, 2.24) is 4.72 Å². The molecule has 0 aliphatic heterocycles. The number of esters is 1. The monoisotopic (exact) mass is 363 g/mol. The molecule has 0 fully saturated rings. The van der Waals surface area contributed by atoms with Crippen molar-refractivity contribution in [3.8, 4) is 0 Å². The molecule has 0 aliphatic carbocycles. The molecule has 1 unspecified atom stereocenters. The van der Waals surface area contributed by atoms with Gasteiger partial charge in [-0.3, -0.25) is 4.79 Å². The van der Waals surface area contributed by atoms with Crippen molar-refractivity contribution in [3.63, 3.8) is 0 Å². The lowest BCUT2D eigenvalue weighted by Crippen LogP contribution is -2.27. The summed E-state index contributed by atoms with van der Waals surface area (Å²) >= 11 is 0. The van der Waals surface area contributed by atoms with Crippen LogP contribution in [0.2, 0.25) is 0 Å². The number of carbonyl (C=O) groups excluding carboxylic acids is 1. The van der Waals surface area contributed by atoms with Crippen LogP contribution in [0.15, 0.2) is 42.5 Å². The number of rotatable bonds is 9. The summed E-state index contributed by atoms with van der Waals surface area (Å²) in [6.07, 6.45) is 3.56. The molecular formula is C19H25NO4S. The van der Waals surface area contributed by atoms with Crippen molar-refractivity contribution >= 4 is 26.8 Å². The summed E-state index contributed by atoms with van der Waals surface area (Å²) in [6.45, 7) is 2.16. The van der Waals surface area contributed by atoms with E-state index in [-0.39, 0.29) is 12.0 Å². The second-order valence-electron chi connectivity index (χ2n) is 6.10. The molecule has 0 heterocycles. The molecule has 25 heavy (non-hydrogen) atoms. The lowest BCUT2D eigenvalue weighted by molar-refractivity contribution is -0.143. The first-order valence-electron chi connectivity index (χ1n) is 8.50. The Balaban J connectivity index is 2.07. The molecule has 6 heteroatoms. The summed E-state index contributed by atoms with van der Waals surface area (Å²) < 4.78 is 31.1. The number of nitrogens with one attached hydrogen (secondary N) is 1. The first-order valence-corrected chi connectivity index (χ1v) is 10.4. The molecule has 0 radical (unpaired) electrons. The van der Waals surface area contributed by atoms with E-state index < -0.39 is 10.0 Å². The van der Waals surface area contributed by atoms with Crippen LogP contribution in [-0.4, -0.2) is 27.2 Å². The van der Waals surface area contributed by atoms with Gasteiger partial charge in [0.15, 0.2) is 0 Å². The maximum Gasteiger partial charge on any atom is 0.305 e. The second kappa shape index (κ2) is 8.97. The standard InChI is InChI=1S/C19H25NO4S/c1-3-24-19(21)11-7-6-10-18(20-25(2,22)23)17-13-12-15-8-4-5-9-16(15)14-17/h4-5,8-9,12-14,18,20H,3,6-7,10-11H2,1-2H3. The van der Waals surface area contributed by atoms with Gasteiger partial charge >= 0.3 is 5.97 Å². The maximum absolute atomic E-state index is 11.7. The summed E-state index contributed by atoms with van der Waals surface area (Å²) in [7, 11) is -3.33. The number of ether oxygens (including phenoxy) is 1. The van der Waals surface area contributed by atoms with Gasteiger partial charge < -0.3 is 4.74 Å². The normalized spacial score (nSPS) is 12.9. The highest BCUT2D eigenvalue weighted by atomic mass is 32.2. The zero-order valence-corrected chi connectivity index (χ0v) is 15.5. The summed E-state index contributed by atoms with van der Waals surface area (Å²) in [4.78, 5) is 11.4. The smallest absolute Gasteiger partial charge is 0.305 e. The van der Waals surface area contributed by atoms with Crippen LogP contribution in [0.4, 0.5) is 0 Å². The molecule has 2 aromatic rings. The Morgan fingerprint density at radius 2 is 1.84 bits per heavy atom. The van der Waals surface area contributed by atoms with Crippen molar-refractivity contribution in [2.75, 3.05) is 12.9 Å². The number of hydrogen-bond acceptors (Lipinski definition) is 4. The third kappa shape index (κ3) is 6.48. The SMILES string of the molecule is CCOC(=O)CCCCC(NS(C)(=O)=O)c1ccc2ccccc2c1. The van der Waals surface area contributed by atoms with E-state index in [4.69, 9.17) is 4.74 Å². The van der Waals surface area contributed by atoms with E-state index in [1.807, 2.05) is 42.5 Å². The Bertz CT molecular complexity index is 817. The molecule has 2 rings (SSSR count). The van der Waals surface area contributed by atoms with Gasteiger partial charge in [0, 0.05) is 12.5 Å². The van der Waals surface area contributed by atoms with Crippen molar-refractivity contribution in [1.29, 1.82) is 0 Å². The van der Waals surface area contributed by atoms with Crippen LogP contribution in [0, 0.1) is 0 Å². The van der Waals surface area contributed by atoms with Crippen LogP contribution in [-0.2, 0) is 19.6 Å². The molecule has 0 aliphatic rings.